The third-order valence-corrected chi connectivity index (χ3v) is 6.45. The molecule has 0 unspecified atom stereocenters. The topological polar surface area (TPSA) is 70.4 Å². The number of hydrogen-bond acceptors (Lipinski definition) is 4. The van der Waals surface area contributed by atoms with E-state index in [-0.39, 0.29) is 11.8 Å². The minimum atomic E-state index is -0.704. The number of aliphatic carboxylic acids is 1. The summed E-state index contributed by atoms with van der Waals surface area (Å²) in [5.74, 6) is -0.704. The number of aromatic nitrogens is 2. The lowest BCUT2D eigenvalue weighted by Gasteiger charge is -2.42. The lowest BCUT2D eigenvalue weighted by atomic mass is 9.73. The fourth-order valence-corrected chi connectivity index (χ4v) is 4.43. The Labute approximate surface area is 172 Å². The Morgan fingerprint density at radius 1 is 1.28 bits per heavy atom. The molecule has 0 bridgehead atoms. The second-order valence-electron chi connectivity index (χ2n) is 8.92. The lowest BCUT2D eigenvalue weighted by Crippen LogP contribution is -2.47. The predicted octanol–water partition coefficient (Wildman–Crippen LogP) is 2.94. The molecule has 0 spiro atoms. The van der Waals surface area contributed by atoms with Gasteiger partial charge in [0.05, 0.1) is 12.6 Å². The first-order valence-electron chi connectivity index (χ1n) is 10.8. The van der Waals surface area contributed by atoms with Gasteiger partial charge in [-0.1, -0.05) is 24.3 Å². The maximum absolute atomic E-state index is 10.9. The number of piperidine rings is 1. The number of aryl methyl sites for hydroxylation is 1. The molecule has 2 heterocycles. The van der Waals surface area contributed by atoms with Crippen LogP contribution in [0.4, 0.5) is 0 Å². The first-order valence-corrected chi connectivity index (χ1v) is 10.8. The molecule has 0 atom stereocenters. The Bertz CT molecular complexity index is 835. The largest absolute Gasteiger partial charge is 0.481 e. The lowest BCUT2D eigenvalue weighted by molar-refractivity contribution is -0.137. The molecule has 1 aliphatic carbocycles. The number of carbonyl (C=O) groups is 1. The van der Waals surface area contributed by atoms with Crippen molar-refractivity contribution >= 4 is 5.97 Å². The van der Waals surface area contributed by atoms with Crippen molar-refractivity contribution in [2.24, 2.45) is 12.5 Å². The Hall–Kier alpha value is -2.18. The van der Waals surface area contributed by atoms with Gasteiger partial charge in [0.2, 0.25) is 0 Å². The zero-order chi connectivity index (χ0) is 20.3. The van der Waals surface area contributed by atoms with Crippen LogP contribution < -0.4 is 5.32 Å². The van der Waals surface area contributed by atoms with Gasteiger partial charge in [-0.25, -0.2) is 0 Å². The molecule has 1 saturated carbocycles. The molecule has 1 aromatic carbocycles. The summed E-state index contributed by atoms with van der Waals surface area (Å²) < 4.78 is 1.84. The van der Waals surface area contributed by atoms with Gasteiger partial charge in [-0.15, -0.1) is 0 Å². The smallest absolute Gasteiger partial charge is 0.304 e. The minimum absolute atomic E-state index is 0.237. The fourth-order valence-electron chi connectivity index (χ4n) is 4.43. The number of hydrogen-bond donors (Lipinski definition) is 2. The zero-order valence-corrected chi connectivity index (χ0v) is 17.3. The van der Waals surface area contributed by atoms with Crippen LogP contribution in [-0.4, -0.2) is 58.0 Å². The van der Waals surface area contributed by atoms with Gasteiger partial charge in [0, 0.05) is 37.9 Å². The number of carboxylic acid groups (broad SMARTS) is 1. The quantitative estimate of drug-likeness (QED) is 0.682. The third kappa shape index (κ3) is 5.46. The number of rotatable bonds is 9. The average Bonchev–Trinajstić information content (AvgIpc) is 3.45. The van der Waals surface area contributed by atoms with Crippen molar-refractivity contribution in [3.63, 3.8) is 0 Å². The molecule has 1 aromatic heterocycles. The first kappa shape index (κ1) is 20.1. The van der Waals surface area contributed by atoms with E-state index < -0.39 is 5.97 Å². The zero-order valence-electron chi connectivity index (χ0n) is 17.3. The Balaban J connectivity index is 1.45. The molecular weight excluding hydrogens is 364 g/mol. The van der Waals surface area contributed by atoms with Gasteiger partial charge >= 0.3 is 5.97 Å². The van der Waals surface area contributed by atoms with Crippen molar-refractivity contribution in [1.82, 2.24) is 20.0 Å². The summed E-state index contributed by atoms with van der Waals surface area (Å²) in [6.07, 6.45) is 10.1. The van der Waals surface area contributed by atoms with E-state index in [4.69, 9.17) is 5.11 Å². The van der Waals surface area contributed by atoms with E-state index in [1.807, 2.05) is 17.9 Å². The van der Waals surface area contributed by atoms with Gasteiger partial charge in [-0.05, 0) is 61.7 Å². The molecule has 1 saturated heterocycles. The monoisotopic (exact) mass is 396 g/mol. The van der Waals surface area contributed by atoms with Crippen molar-refractivity contribution in [1.29, 1.82) is 0 Å². The maximum atomic E-state index is 10.9. The van der Waals surface area contributed by atoms with Crippen molar-refractivity contribution in [2.45, 2.75) is 44.6 Å². The van der Waals surface area contributed by atoms with E-state index in [9.17, 15) is 4.79 Å². The summed E-state index contributed by atoms with van der Waals surface area (Å²) in [6.45, 7) is 3.70. The van der Waals surface area contributed by atoms with Crippen molar-refractivity contribution in [3.05, 3.63) is 42.2 Å². The first-order chi connectivity index (χ1) is 14.0. The van der Waals surface area contributed by atoms with Crippen molar-refractivity contribution in [2.75, 3.05) is 26.2 Å². The molecule has 2 aliphatic rings. The normalized spacial score (nSPS) is 19.3. The molecule has 1 aliphatic heterocycles. The van der Waals surface area contributed by atoms with Crippen LogP contribution in [0.15, 0.2) is 36.7 Å². The van der Waals surface area contributed by atoms with Crippen LogP contribution in [-0.2, 0) is 18.3 Å². The Kier molecular flexibility index (Phi) is 6.01. The molecule has 0 amide bonds. The van der Waals surface area contributed by atoms with Crippen LogP contribution in [0.3, 0.4) is 0 Å². The second kappa shape index (κ2) is 8.67. The predicted molar refractivity (Wildman–Crippen MR) is 114 cm³/mol. The number of carboxylic acids is 1. The van der Waals surface area contributed by atoms with Crippen LogP contribution >= 0.6 is 0 Å². The molecule has 2 aromatic rings. The van der Waals surface area contributed by atoms with Crippen LogP contribution in [0.1, 0.15) is 37.7 Å². The third-order valence-electron chi connectivity index (χ3n) is 6.45. The highest BCUT2D eigenvalue weighted by atomic mass is 16.4. The fraction of sp³-hybridized carbons (Fsp3) is 0.565. The Morgan fingerprint density at radius 3 is 2.72 bits per heavy atom. The molecule has 0 radical (unpaired) electrons. The summed E-state index contributed by atoms with van der Waals surface area (Å²) in [7, 11) is 1.95. The summed E-state index contributed by atoms with van der Waals surface area (Å²) in [5.41, 5.74) is 4.00. The van der Waals surface area contributed by atoms with E-state index in [2.05, 4.69) is 45.8 Å². The van der Waals surface area contributed by atoms with Crippen LogP contribution in [0.25, 0.3) is 11.1 Å². The maximum Gasteiger partial charge on any atom is 0.304 e. The van der Waals surface area contributed by atoms with E-state index in [0.717, 1.165) is 44.5 Å². The molecule has 2 fully saturated rings. The summed E-state index contributed by atoms with van der Waals surface area (Å²) in [6, 6.07) is 9.58. The highest BCUT2D eigenvalue weighted by Crippen LogP contribution is 2.36. The molecule has 4 rings (SSSR count). The van der Waals surface area contributed by atoms with E-state index in [1.165, 1.54) is 24.0 Å². The van der Waals surface area contributed by atoms with Gasteiger partial charge in [0.15, 0.2) is 0 Å². The summed E-state index contributed by atoms with van der Waals surface area (Å²) >= 11 is 0. The van der Waals surface area contributed by atoms with Gasteiger partial charge in [0.25, 0.3) is 0 Å². The average molecular weight is 397 g/mol. The number of likely N-dealkylation sites (tertiary alicyclic amines) is 1. The standard InChI is InChI=1S/C23H32N4O2/c1-26-16-20(15-25-26)19-4-2-3-18(13-19)14-23(17-24-21-5-6-21)8-11-27(12-9-23)10-7-22(28)29/h2-4,13,15-16,21,24H,5-12,14,17H2,1H3,(H,28,29). The second-order valence-corrected chi connectivity index (χ2v) is 8.92. The van der Waals surface area contributed by atoms with E-state index in [0.29, 0.717) is 12.6 Å². The molecule has 29 heavy (non-hydrogen) atoms. The van der Waals surface area contributed by atoms with Crippen molar-refractivity contribution in [3.8, 4) is 11.1 Å². The number of nitrogens with zero attached hydrogens (tertiary/aromatic N) is 3. The van der Waals surface area contributed by atoms with Gasteiger partial charge in [-0.3, -0.25) is 9.48 Å². The summed E-state index contributed by atoms with van der Waals surface area (Å²) in [4.78, 5) is 13.2. The SMILES string of the molecule is Cn1cc(-c2cccc(CC3(CNC4CC4)CCN(CCC(=O)O)CC3)c2)cn1. The molecule has 6 heteroatoms. The van der Waals surface area contributed by atoms with Crippen LogP contribution in [0.5, 0.6) is 0 Å². The van der Waals surface area contributed by atoms with E-state index >= 15 is 0 Å². The van der Waals surface area contributed by atoms with Crippen LogP contribution in [0.2, 0.25) is 0 Å². The minimum Gasteiger partial charge on any atom is -0.481 e. The van der Waals surface area contributed by atoms with Crippen molar-refractivity contribution < 1.29 is 9.90 Å². The summed E-state index contributed by atoms with van der Waals surface area (Å²) in [5, 5.41) is 17.1. The highest BCUT2D eigenvalue weighted by Gasteiger charge is 2.36. The molecule has 156 valence electrons. The highest BCUT2D eigenvalue weighted by molar-refractivity contribution is 5.66. The Morgan fingerprint density at radius 2 is 2.07 bits per heavy atom. The van der Waals surface area contributed by atoms with E-state index in [1.54, 1.807) is 0 Å². The van der Waals surface area contributed by atoms with Gasteiger partial charge in [-0.2, -0.15) is 5.10 Å². The number of benzene rings is 1. The van der Waals surface area contributed by atoms with Gasteiger partial charge < -0.3 is 15.3 Å². The molecule has 2 N–H and O–H groups in total. The van der Waals surface area contributed by atoms with Crippen LogP contribution in [0, 0.1) is 5.41 Å². The molecular formula is C23H32N4O2. The van der Waals surface area contributed by atoms with Gasteiger partial charge in [0.1, 0.15) is 0 Å². The molecule has 6 nitrogen and oxygen atoms in total. The number of nitrogens with one attached hydrogen (secondary N) is 1.